The zero-order chi connectivity index (χ0) is 23.8. The van der Waals surface area contributed by atoms with Crippen molar-refractivity contribution in [3.8, 4) is 11.8 Å². The van der Waals surface area contributed by atoms with Gasteiger partial charge in [-0.15, -0.1) is 0 Å². The third-order valence-corrected chi connectivity index (χ3v) is 6.09. The number of anilines is 1. The Morgan fingerprint density at radius 1 is 1.29 bits per heavy atom. The fourth-order valence-corrected chi connectivity index (χ4v) is 4.33. The molecule has 0 spiro atoms. The Balaban J connectivity index is 1.65. The molecule has 5 rings (SSSR count). The molecule has 170 valence electrons. The van der Waals surface area contributed by atoms with E-state index in [9.17, 15) is 9.59 Å². The monoisotopic (exact) mass is 453 g/mol. The fourth-order valence-electron chi connectivity index (χ4n) is 4.33. The molecule has 9 heteroatoms. The molecule has 5 heterocycles. The van der Waals surface area contributed by atoms with Crippen LogP contribution in [0.1, 0.15) is 47.4 Å². The highest BCUT2D eigenvalue weighted by atomic mass is 16.2. The number of nitrogens with zero attached hydrogens (tertiary/aromatic N) is 6. The first-order chi connectivity index (χ1) is 16.5. The molecule has 0 radical (unpaired) electrons. The van der Waals surface area contributed by atoms with Crippen molar-refractivity contribution in [3.63, 3.8) is 0 Å². The van der Waals surface area contributed by atoms with Crippen molar-refractivity contribution in [2.24, 2.45) is 0 Å². The van der Waals surface area contributed by atoms with Gasteiger partial charge in [-0.2, -0.15) is 10.2 Å². The summed E-state index contributed by atoms with van der Waals surface area (Å²) in [6, 6.07) is 5.64. The van der Waals surface area contributed by atoms with E-state index in [-0.39, 0.29) is 23.6 Å². The van der Waals surface area contributed by atoms with Crippen molar-refractivity contribution in [1.29, 1.82) is 0 Å². The lowest BCUT2D eigenvalue weighted by atomic mass is 10.1. The second-order valence-corrected chi connectivity index (χ2v) is 8.15. The molecule has 0 bridgehead atoms. The average Bonchev–Trinajstić information content (AvgIpc) is 3.60. The summed E-state index contributed by atoms with van der Waals surface area (Å²) in [5, 5.41) is 9.58. The number of carbonyl (C=O) groups excluding carboxylic acids is 2. The van der Waals surface area contributed by atoms with Crippen molar-refractivity contribution in [2.75, 3.05) is 18.8 Å². The van der Waals surface area contributed by atoms with Crippen LogP contribution in [-0.2, 0) is 4.79 Å². The summed E-state index contributed by atoms with van der Waals surface area (Å²) < 4.78 is 3.55. The predicted octanol–water partition coefficient (Wildman–Crippen LogP) is 2.61. The number of hydrogen-bond acceptors (Lipinski definition) is 6. The standard InChI is InChI=1S/C25H23N7O2/c1-3-21(33)19-13-27-25(26)23-20(8-6-16-5-7-17-9-11-28-31(17)14-16)29-32(24(19)23)18-10-12-30(15-18)22(34)4-2/h4-5,7,9,11,13-14,18H,2-3,10,12,15H2,1H3,(H2,26,27). The normalized spacial score (nSPS) is 15.4. The van der Waals surface area contributed by atoms with Crippen LogP contribution in [0, 0.1) is 11.8 Å². The van der Waals surface area contributed by atoms with Crippen molar-refractivity contribution in [2.45, 2.75) is 25.8 Å². The van der Waals surface area contributed by atoms with Gasteiger partial charge in [0, 0.05) is 43.7 Å². The molecule has 0 aliphatic carbocycles. The first-order valence-electron chi connectivity index (χ1n) is 11.1. The summed E-state index contributed by atoms with van der Waals surface area (Å²) in [4.78, 5) is 30.9. The number of amides is 1. The van der Waals surface area contributed by atoms with Gasteiger partial charge in [0.05, 0.1) is 28.0 Å². The van der Waals surface area contributed by atoms with Crippen LogP contribution in [0.4, 0.5) is 5.82 Å². The summed E-state index contributed by atoms with van der Waals surface area (Å²) in [6.07, 6.45) is 7.40. The van der Waals surface area contributed by atoms with Gasteiger partial charge in [-0.05, 0) is 36.6 Å². The Bertz CT molecular complexity index is 1520. The number of nitrogen functional groups attached to an aromatic ring is 1. The van der Waals surface area contributed by atoms with Gasteiger partial charge in [0.2, 0.25) is 5.91 Å². The van der Waals surface area contributed by atoms with E-state index in [0.717, 1.165) is 11.1 Å². The number of carbonyl (C=O) groups is 2. The van der Waals surface area contributed by atoms with E-state index >= 15 is 0 Å². The van der Waals surface area contributed by atoms with Gasteiger partial charge in [0.15, 0.2) is 5.78 Å². The first kappa shape index (κ1) is 21.4. The molecule has 34 heavy (non-hydrogen) atoms. The fraction of sp³-hybridized carbons (Fsp3) is 0.240. The van der Waals surface area contributed by atoms with E-state index in [2.05, 4.69) is 28.5 Å². The smallest absolute Gasteiger partial charge is 0.246 e. The van der Waals surface area contributed by atoms with Crippen LogP contribution in [0.15, 0.2) is 49.4 Å². The topological polar surface area (TPSA) is 111 Å². The summed E-state index contributed by atoms with van der Waals surface area (Å²) in [6.45, 7) is 6.43. The molecule has 1 atom stereocenters. The van der Waals surface area contributed by atoms with Crippen LogP contribution in [0.5, 0.6) is 0 Å². The van der Waals surface area contributed by atoms with Gasteiger partial charge < -0.3 is 10.6 Å². The number of hydrogen-bond donors (Lipinski definition) is 1. The van der Waals surface area contributed by atoms with E-state index < -0.39 is 0 Å². The molecule has 2 N–H and O–H groups in total. The molecule has 1 aliphatic heterocycles. The predicted molar refractivity (Wildman–Crippen MR) is 128 cm³/mol. The molecule has 4 aromatic heterocycles. The molecule has 1 unspecified atom stereocenters. The quantitative estimate of drug-likeness (QED) is 0.289. The number of ketones is 1. The van der Waals surface area contributed by atoms with Crippen LogP contribution in [0.25, 0.3) is 16.4 Å². The number of rotatable bonds is 4. The summed E-state index contributed by atoms with van der Waals surface area (Å²) in [5.74, 6) is 6.34. The maximum absolute atomic E-state index is 12.8. The molecule has 1 aliphatic rings. The number of Topliss-reactive ketones (excluding diaryl/α,β-unsaturated/α-hetero) is 1. The molecule has 1 amide bonds. The first-order valence-corrected chi connectivity index (χ1v) is 11.1. The van der Waals surface area contributed by atoms with Gasteiger partial charge >= 0.3 is 0 Å². The third-order valence-electron chi connectivity index (χ3n) is 6.09. The Morgan fingerprint density at radius 2 is 2.15 bits per heavy atom. The molecule has 4 aromatic rings. The lowest BCUT2D eigenvalue weighted by Gasteiger charge is -2.16. The van der Waals surface area contributed by atoms with Gasteiger partial charge in [-0.1, -0.05) is 19.4 Å². The molecular weight excluding hydrogens is 430 g/mol. The Labute approximate surface area is 195 Å². The van der Waals surface area contributed by atoms with E-state index in [0.29, 0.717) is 48.1 Å². The summed E-state index contributed by atoms with van der Waals surface area (Å²) in [5.41, 5.74) is 9.51. The largest absolute Gasteiger partial charge is 0.383 e. The Hall–Kier alpha value is -4.45. The summed E-state index contributed by atoms with van der Waals surface area (Å²) >= 11 is 0. The number of fused-ring (bicyclic) bond motifs is 2. The lowest BCUT2D eigenvalue weighted by molar-refractivity contribution is -0.125. The number of aromatic nitrogens is 5. The summed E-state index contributed by atoms with van der Waals surface area (Å²) in [7, 11) is 0. The molecule has 1 fully saturated rings. The van der Waals surface area contributed by atoms with Crippen LogP contribution < -0.4 is 5.73 Å². The molecular formula is C25H23N7O2. The van der Waals surface area contributed by atoms with E-state index in [1.54, 1.807) is 27.2 Å². The maximum Gasteiger partial charge on any atom is 0.246 e. The number of pyridine rings is 2. The van der Waals surface area contributed by atoms with E-state index in [1.165, 1.54) is 12.3 Å². The SMILES string of the molecule is C=CC(=O)N1CCC(n2nc(C#Cc3ccc4ccnn4c3)c3c(N)ncc(C(=O)CC)c32)C1. The highest BCUT2D eigenvalue weighted by molar-refractivity contribution is 6.09. The van der Waals surface area contributed by atoms with Crippen molar-refractivity contribution in [3.05, 3.63) is 66.3 Å². The second-order valence-electron chi connectivity index (χ2n) is 8.15. The van der Waals surface area contributed by atoms with Gasteiger partial charge in [-0.3, -0.25) is 14.3 Å². The van der Waals surface area contributed by atoms with Crippen molar-refractivity contribution < 1.29 is 9.59 Å². The van der Waals surface area contributed by atoms with E-state index in [4.69, 9.17) is 10.8 Å². The van der Waals surface area contributed by atoms with Gasteiger partial charge in [0.25, 0.3) is 0 Å². The Kier molecular flexibility index (Phi) is 5.34. The zero-order valence-electron chi connectivity index (χ0n) is 18.7. The zero-order valence-corrected chi connectivity index (χ0v) is 18.7. The van der Waals surface area contributed by atoms with E-state index in [1.807, 2.05) is 24.4 Å². The molecule has 9 nitrogen and oxygen atoms in total. The van der Waals surface area contributed by atoms with Crippen LogP contribution in [-0.4, -0.2) is 54.1 Å². The highest BCUT2D eigenvalue weighted by Crippen LogP contribution is 2.32. The van der Waals surface area contributed by atoms with Crippen molar-refractivity contribution in [1.82, 2.24) is 29.3 Å². The van der Waals surface area contributed by atoms with Crippen LogP contribution in [0.2, 0.25) is 0 Å². The average molecular weight is 454 g/mol. The third kappa shape index (κ3) is 3.59. The van der Waals surface area contributed by atoms with Crippen LogP contribution in [0.3, 0.4) is 0 Å². The Morgan fingerprint density at radius 3 is 2.94 bits per heavy atom. The lowest BCUT2D eigenvalue weighted by Crippen LogP contribution is -2.27. The number of nitrogens with two attached hydrogens (primary N) is 1. The van der Waals surface area contributed by atoms with Gasteiger partial charge in [0.1, 0.15) is 11.5 Å². The van der Waals surface area contributed by atoms with Gasteiger partial charge in [-0.25, -0.2) is 9.50 Å². The minimum absolute atomic E-state index is 0.0562. The molecule has 1 saturated heterocycles. The maximum atomic E-state index is 12.8. The van der Waals surface area contributed by atoms with Crippen LogP contribution >= 0.6 is 0 Å². The minimum Gasteiger partial charge on any atom is -0.383 e. The molecule has 0 aromatic carbocycles. The number of likely N-dealkylation sites (tertiary alicyclic amines) is 1. The molecule has 0 saturated carbocycles. The highest BCUT2D eigenvalue weighted by Gasteiger charge is 2.30. The second kappa shape index (κ2) is 8.48. The van der Waals surface area contributed by atoms with Crippen molar-refractivity contribution >= 4 is 33.9 Å². The minimum atomic E-state index is -0.126.